The van der Waals surface area contributed by atoms with E-state index in [0.29, 0.717) is 5.92 Å². The molecule has 0 aliphatic carbocycles. The summed E-state index contributed by atoms with van der Waals surface area (Å²) in [6, 6.07) is 17.8. The Morgan fingerprint density at radius 3 is 2.30 bits per heavy atom. The van der Waals surface area contributed by atoms with Gasteiger partial charge in [0.05, 0.1) is 22.1 Å². The molecule has 0 saturated carbocycles. The average Bonchev–Trinajstić information content (AvgIpc) is 2.85. The Morgan fingerprint density at radius 2 is 1.70 bits per heavy atom. The largest absolute Gasteiger partial charge is 0.399 e. The van der Waals surface area contributed by atoms with Crippen LogP contribution >= 0.6 is 11.6 Å². The number of nitrogens with two attached hydrogens (primary N) is 1. The van der Waals surface area contributed by atoms with E-state index in [4.69, 9.17) is 22.4 Å². The van der Waals surface area contributed by atoms with Crippen molar-refractivity contribution >= 4 is 17.3 Å². The second kappa shape index (κ2) is 6.47. The van der Waals surface area contributed by atoms with Crippen molar-refractivity contribution in [3.63, 3.8) is 0 Å². The second-order valence-corrected chi connectivity index (χ2v) is 6.45. The first-order chi connectivity index (χ1) is 11.1. The van der Waals surface area contributed by atoms with Crippen LogP contribution < -0.4 is 5.73 Å². The van der Waals surface area contributed by atoms with Crippen LogP contribution in [-0.2, 0) is 6.42 Å². The number of rotatable bonds is 4. The molecule has 4 heteroatoms. The number of nitrogen functional groups attached to an aromatic ring is 1. The van der Waals surface area contributed by atoms with Crippen molar-refractivity contribution < 1.29 is 0 Å². The minimum atomic E-state index is 0.492. The molecule has 118 valence electrons. The van der Waals surface area contributed by atoms with Crippen LogP contribution in [0.3, 0.4) is 0 Å². The summed E-state index contributed by atoms with van der Waals surface area (Å²) in [7, 11) is 0. The average molecular weight is 326 g/mol. The molecule has 0 spiro atoms. The topological polar surface area (TPSA) is 43.8 Å². The maximum atomic E-state index is 6.68. The fourth-order valence-electron chi connectivity index (χ4n) is 2.61. The number of anilines is 1. The zero-order valence-electron chi connectivity index (χ0n) is 13.3. The third-order valence-electron chi connectivity index (χ3n) is 3.68. The van der Waals surface area contributed by atoms with Gasteiger partial charge in [0.1, 0.15) is 0 Å². The molecule has 0 fully saturated rings. The normalized spacial score (nSPS) is 11.1. The highest BCUT2D eigenvalue weighted by atomic mass is 35.5. The van der Waals surface area contributed by atoms with Gasteiger partial charge in [-0.2, -0.15) is 5.10 Å². The first-order valence-electron chi connectivity index (χ1n) is 7.75. The third kappa shape index (κ3) is 3.25. The highest BCUT2D eigenvalue weighted by molar-refractivity contribution is 6.33. The molecule has 3 aromatic rings. The Balaban J connectivity index is 2.19. The van der Waals surface area contributed by atoms with Gasteiger partial charge in [0.25, 0.3) is 0 Å². The Hall–Kier alpha value is -2.26. The zero-order valence-corrected chi connectivity index (χ0v) is 14.1. The van der Waals surface area contributed by atoms with Crippen LogP contribution in [0, 0.1) is 5.92 Å². The fraction of sp³-hybridized carbons (Fsp3) is 0.211. The van der Waals surface area contributed by atoms with Crippen LogP contribution in [0.15, 0.2) is 54.6 Å². The van der Waals surface area contributed by atoms with E-state index in [2.05, 4.69) is 26.0 Å². The van der Waals surface area contributed by atoms with E-state index in [1.165, 1.54) is 0 Å². The number of nitrogens with zero attached hydrogens (tertiary/aromatic N) is 2. The third-order valence-corrected chi connectivity index (χ3v) is 4.08. The summed E-state index contributed by atoms with van der Waals surface area (Å²) in [5.41, 5.74) is 10.4. The molecule has 23 heavy (non-hydrogen) atoms. The smallest absolute Gasteiger partial charge is 0.0930 e. The van der Waals surface area contributed by atoms with E-state index >= 15 is 0 Å². The summed E-state index contributed by atoms with van der Waals surface area (Å²) >= 11 is 6.68. The van der Waals surface area contributed by atoms with Gasteiger partial charge in [-0.3, -0.25) is 0 Å². The lowest BCUT2D eigenvalue weighted by atomic mass is 10.1. The second-order valence-electron chi connectivity index (χ2n) is 6.08. The highest BCUT2D eigenvalue weighted by Gasteiger charge is 2.19. The summed E-state index contributed by atoms with van der Waals surface area (Å²) in [6.07, 6.45) is 0.848. The van der Waals surface area contributed by atoms with Gasteiger partial charge in [-0.25, -0.2) is 4.68 Å². The monoisotopic (exact) mass is 325 g/mol. The molecule has 0 atom stereocenters. The lowest BCUT2D eigenvalue weighted by Crippen LogP contribution is -2.01. The summed E-state index contributed by atoms with van der Waals surface area (Å²) < 4.78 is 1.91. The Kier molecular flexibility index (Phi) is 4.39. The molecule has 0 amide bonds. The molecule has 0 bridgehead atoms. The van der Waals surface area contributed by atoms with Crippen molar-refractivity contribution in [3.05, 3.63) is 65.3 Å². The van der Waals surface area contributed by atoms with Gasteiger partial charge in [0.15, 0.2) is 0 Å². The number of hydrogen-bond donors (Lipinski definition) is 1. The summed E-state index contributed by atoms with van der Waals surface area (Å²) in [4.78, 5) is 0. The lowest BCUT2D eigenvalue weighted by Gasteiger charge is -2.08. The molecule has 0 aliphatic rings. The van der Waals surface area contributed by atoms with Crippen molar-refractivity contribution in [1.29, 1.82) is 0 Å². The predicted molar refractivity (Wildman–Crippen MR) is 97.0 cm³/mol. The molecule has 3 nitrogen and oxygen atoms in total. The van der Waals surface area contributed by atoms with E-state index in [-0.39, 0.29) is 0 Å². The van der Waals surface area contributed by atoms with Crippen LogP contribution in [0.2, 0.25) is 5.02 Å². The van der Waals surface area contributed by atoms with Gasteiger partial charge < -0.3 is 5.73 Å². The van der Waals surface area contributed by atoms with E-state index in [9.17, 15) is 0 Å². The number of aromatic nitrogens is 2. The van der Waals surface area contributed by atoms with Crippen molar-refractivity contribution in [3.8, 4) is 16.9 Å². The molecule has 2 aromatic carbocycles. The van der Waals surface area contributed by atoms with Gasteiger partial charge in [-0.1, -0.05) is 55.8 Å². The minimum Gasteiger partial charge on any atom is -0.399 e. The van der Waals surface area contributed by atoms with Crippen LogP contribution in [-0.4, -0.2) is 9.78 Å². The lowest BCUT2D eigenvalue weighted by molar-refractivity contribution is 0.628. The molecule has 0 radical (unpaired) electrons. The van der Waals surface area contributed by atoms with Crippen molar-refractivity contribution in [2.24, 2.45) is 5.92 Å². The molecule has 2 N–H and O–H groups in total. The van der Waals surface area contributed by atoms with Gasteiger partial charge >= 0.3 is 0 Å². The van der Waals surface area contributed by atoms with Crippen LogP contribution in [0.25, 0.3) is 16.9 Å². The SMILES string of the molecule is CC(C)Cc1nn(-c2ccc(N)cc2)c(-c2ccccc2)c1Cl. The van der Waals surface area contributed by atoms with E-state index in [1.54, 1.807) is 0 Å². The van der Waals surface area contributed by atoms with Crippen LogP contribution in [0.4, 0.5) is 5.69 Å². The quantitative estimate of drug-likeness (QED) is 0.688. The molecule has 1 aromatic heterocycles. The van der Waals surface area contributed by atoms with Crippen molar-refractivity contribution in [2.75, 3.05) is 5.73 Å². The summed E-state index contributed by atoms with van der Waals surface area (Å²) in [6.45, 7) is 4.33. The van der Waals surface area contributed by atoms with E-state index in [1.807, 2.05) is 47.1 Å². The molecule has 3 rings (SSSR count). The summed E-state index contributed by atoms with van der Waals surface area (Å²) in [5, 5.41) is 5.49. The van der Waals surface area contributed by atoms with Gasteiger partial charge in [-0.05, 0) is 36.6 Å². The van der Waals surface area contributed by atoms with Gasteiger partial charge in [0, 0.05) is 11.3 Å². The van der Waals surface area contributed by atoms with Crippen LogP contribution in [0.1, 0.15) is 19.5 Å². The van der Waals surface area contributed by atoms with Crippen molar-refractivity contribution in [1.82, 2.24) is 9.78 Å². The molecule has 0 aliphatic heterocycles. The zero-order chi connectivity index (χ0) is 16.4. The van der Waals surface area contributed by atoms with E-state index in [0.717, 1.165) is 39.8 Å². The predicted octanol–water partition coefficient (Wildman–Crippen LogP) is 4.97. The fourth-order valence-corrected chi connectivity index (χ4v) is 2.91. The van der Waals surface area contributed by atoms with Gasteiger partial charge in [-0.15, -0.1) is 0 Å². The number of benzene rings is 2. The van der Waals surface area contributed by atoms with Crippen molar-refractivity contribution in [2.45, 2.75) is 20.3 Å². The molecular weight excluding hydrogens is 306 g/mol. The van der Waals surface area contributed by atoms with E-state index < -0.39 is 0 Å². The molecule has 1 heterocycles. The van der Waals surface area contributed by atoms with Gasteiger partial charge in [0.2, 0.25) is 0 Å². The number of hydrogen-bond acceptors (Lipinski definition) is 2. The first kappa shape index (κ1) is 15.6. The Labute approximate surface area is 141 Å². The van der Waals surface area contributed by atoms with Crippen LogP contribution in [0.5, 0.6) is 0 Å². The Bertz CT molecular complexity index is 789. The summed E-state index contributed by atoms with van der Waals surface area (Å²) in [5.74, 6) is 0.492. The number of halogens is 1. The maximum absolute atomic E-state index is 6.68. The molecule has 0 saturated heterocycles. The maximum Gasteiger partial charge on any atom is 0.0930 e. The first-order valence-corrected chi connectivity index (χ1v) is 8.12. The highest BCUT2D eigenvalue weighted by Crippen LogP contribution is 2.34. The Morgan fingerprint density at radius 1 is 1.04 bits per heavy atom. The standard InChI is InChI=1S/C19H20ClN3/c1-13(2)12-17-18(20)19(14-6-4-3-5-7-14)23(22-17)16-10-8-15(21)9-11-16/h3-11,13H,12,21H2,1-2H3. The molecule has 0 unspecified atom stereocenters. The minimum absolute atomic E-state index is 0.492. The molecular formula is C19H20ClN3.